The monoisotopic (exact) mass is 330 g/mol. The maximum Gasteiger partial charge on any atom is 0.252 e. The molecule has 0 saturated carbocycles. The van der Waals surface area contributed by atoms with Gasteiger partial charge in [-0.1, -0.05) is 17.7 Å². The Balaban J connectivity index is 1.63. The minimum atomic E-state index is -3.44. The highest BCUT2D eigenvalue weighted by Crippen LogP contribution is 2.30. The Morgan fingerprint density at radius 2 is 2.10 bits per heavy atom. The molecular weight excluding hydrogens is 320 g/mol. The van der Waals surface area contributed by atoms with Gasteiger partial charge in [-0.2, -0.15) is 4.31 Å². The summed E-state index contributed by atoms with van der Waals surface area (Å²) < 4.78 is 32.1. The van der Waals surface area contributed by atoms with Crippen LogP contribution in [0.15, 0.2) is 40.7 Å². The van der Waals surface area contributed by atoms with Crippen LogP contribution in [0.2, 0.25) is 4.34 Å². The van der Waals surface area contributed by atoms with E-state index in [1.807, 2.05) is 6.07 Å². The second-order valence-corrected chi connectivity index (χ2v) is 8.17. The summed E-state index contributed by atoms with van der Waals surface area (Å²) >= 11 is 6.83. The molecule has 1 saturated heterocycles. The van der Waals surface area contributed by atoms with Gasteiger partial charge in [0.1, 0.15) is 10.3 Å². The zero-order valence-corrected chi connectivity index (χ0v) is 12.7. The van der Waals surface area contributed by atoms with Crippen molar-refractivity contribution in [2.75, 3.05) is 13.1 Å². The maximum atomic E-state index is 12.2. The molecule has 1 aliphatic rings. The number of nitrogens with zero attached hydrogens (tertiary/aromatic N) is 2. The second kappa shape index (κ2) is 5.33. The summed E-state index contributed by atoms with van der Waals surface area (Å²) in [5, 5.41) is 0. The third kappa shape index (κ3) is 2.67. The smallest absolute Gasteiger partial charge is 0.252 e. The van der Waals surface area contributed by atoms with Crippen LogP contribution in [0.3, 0.4) is 0 Å². The molecule has 0 spiro atoms. The molecule has 0 radical (unpaired) electrons. The van der Waals surface area contributed by atoms with Crippen LogP contribution in [-0.2, 0) is 10.0 Å². The van der Waals surface area contributed by atoms with Gasteiger partial charge in [0.05, 0.1) is 17.4 Å². The lowest BCUT2D eigenvalue weighted by atomic mass is 10.2. The molecule has 5 nitrogen and oxygen atoms in total. The molecule has 2 aromatic heterocycles. The van der Waals surface area contributed by atoms with E-state index in [4.69, 9.17) is 16.3 Å². The minimum Gasteiger partial charge on any atom is -0.472 e. The lowest BCUT2D eigenvalue weighted by molar-refractivity contribution is 0.0722. The molecule has 1 aliphatic heterocycles. The highest BCUT2D eigenvalue weighted by Gasteiger charge is 2.39. The van der Waals surface area contributed by atoms with Crippen molar-refractivity contribution in [2.24, 2.45) is 0 Å². The molecule has 0 atom stereocenters. The van der Waals surface area contributed by atoms with Crippen LogP contribution in [0.4, 0.5) is 0 Å². The molecule has 0 aromatic carbocycles. The third-order valence-electron chi connectivity index (χ3n) is 2.88. The van der Waals surface area contributed by atoms with Crippen LogP contribution < -0.4 is 4.74 Å². The molecule has 1 fully saturated rings. The number of aromatic nitrogens is 1. The van der Waals surface area contributed by atoms with Gasteiger partial charge in [-0.3, -0.25) is 0 Å². The standard InChI is InChI=1S/C12H11ClN2O3S2/c13-10-4-5-12(19-10)20(16,17)15-7-9(8-15)18-11-3-1-2-6-14-11/h1-6,9H,7-8H2. The summed E-state index contributed by atoms with van der Waals surface area (Å²) in [7, 11) is -3.44. The van der Waals surface area contributed by atoms with Crippen LogP contribution in [0.1, 0.15) is 0 Å². The van der Waals surface area contributed by atoms with Gasteiger partial charge >= 0.3 is 0 Å². The summed E-state index contributed by atoms with van der Waals surface area (Å²) in [6.45, 7) is 0.656. The molecule has 2 aromatic rings. The van der Waals surface area contributed by atoms with Gasteiger partial charge in [0.2, 0.25) is 5.88 Å². The quantitative estimate of drug-likeness (QED) is 0.862. The van der Waals surface area contributed by atoms with Crippen LogP contribution in [-0.4, -0.2) is 36.9 Å². The van der Waals surface area contributed by atoms with Crippen molar-refractivity contribution in [3.63, 3.8) is 0 Å². The Bertz CT molecular complexity index is 697. The van der Waals surface area contributed by atoms with E-state index in [1.165, 1.54) is 10.4 Å². The van der Waals surface area contributed by atoms with Crippen molar-refractivity contribution in [3.05, 3.63) is 40.9 Å². The van der Waals surface area contributed by atoms with Crippen molar-refractivity contribution in [1.82, 2.24) is 9.29 Å². The Hall–Kier alpha value is -1.15. The molecule has 20 heavy (non-hydrogen) atoms. The maximum absolute atomic E-state index is 12.2. The predicted molar refractivity (Wildman–Crippen MR) is 76.7 cm³/mol. The highest BCUT2D eigenvalue weighted by molar-refractivity contribution is 7.91. The van der Waals surface area contributed by atoms with Crippen molar-refractivity contribution in [2.45, 2.75) is 10.3 Å². The zero-order valence-electron chi connectivity index (χ0n) is 10.3. The summed E-state index contributed by atoms with van der Waals surface area (Å²) in [6, 6.07) is 8.47. The molecule has 3 rings (SSSR count). The Morgan fingerprint density at radius 3 is 2.70 bits per heavy atom. The lowest BCUT2D eigenvalue weighted by Crippen LogP contribution is -2.55. The Morgan fingerprint density at radius 1 is 1.30 bits per heavy atom. The third-order valence-corrected chi connectivity index (χ3v) is 6.41. The normalized spacial score (nSPS) is 16.9. The molecule has 0 unspecified atom stereocenters. The average molecular weight is 331 g/mol. The first-order chi connectivity index (χ1) is 9.55. The molecule has 0 bridgehead atoms. The van der Waals surface area contributed by atoms with E-state index in [2.05, 4.69) is 4.98 Å². The second-order valence-electron chi connectivity index (χ2n) is 4.29. The zero-order chi connectivity index (χ0) is 14.2. The number of sulfonamides is 1. The van der Waals surface area contributed by atoms with Gasteiger partial charge in [-0.05, 0) is 18.2 Å². The van der Waals surface area contributed by atoms with Crippen molar-refractivity contribution < 1.29 is 13.2 Å². The van der Waals surface area contributed by atoms with E-state index in [0.29, 0.717) is 23.3 Å². The fraction of sp³-hybridized carbons (Fsp3) is 0.250. The first kappa shape index (κ1) is 13.8. The molecule has 0 N–H and O–H groups in total. The van der Waals surface area contributed by atoms with Gasteiger partial charge in [-0.15, -0.1) is 11.3 Å². The van der Waals surface area contributed by atoms with Crippen LogP contribution in [0, 0.1) is 0 Å². The van der Waals surface area contributed by atoms with E-state index < -0.39 is 10.0 Å². The topological polar surface area (TPSA) is 59.5 Å². The van der Waals surface area contributed by atoms with Crippen LogP contribution >= 0.6 is 22.9 Å². The molecule has 0 aliphatic carbocycles. The van der Waals surface area contributed by atoms with Crippen molar-refractivity contribution >= 4 is 33.0 Å². The Labute approximate surface area is 125 Å². The summed E-state index contributed by atoms with van der Waals surface area (Å²) in [5.41, 5.74) is 0. The number of ether oxygens (including phenoxy) is 1. The number of hydrogen-bond donors (Lipinski definition) is 0. The molecule has 106 valence electrons. The number of pyridine rings is 1. The minimum absolute atomic E-state index is 0.157. The number of thiophene rings is 1. The fourth-order valence-corrected chi connectivity index (χ4v) is 4.96. The number of hydrogen-bond acceptors (Lipinski definition) is 5. The summed E-state index contributed by atoms with van der Waals surface area (Å²) in [6.07, 6.45) is 1.48. The largest absolute Gasteiger partial charge is 0.472 e. The van der Waals surface area contributed by atoms with E-state index in [1.54, 1.807) is 24.4 Å². The van der Waals surface area contributed by atoms with Gasteiger partial charge in [0, 0.05) is 12.3 Å². The average Bonchev–Trinajstić information content (AvgIpc) is 2.82. The molecular formula is C12H11ClN2O3S2. The van der Waals surface area contributed by atoms with Gasteiger partial charge < -0.3 is 4.74 Å². The molecule has 3 heterocycles. The number of rotatable bonds is 4. The van der Waals surface area contributed by atoms with E-state index in [9.17, 15) is 8.42 Å². The van der Waals surface area contributed by atoms with E-state index >= 15 is 0 Å². The van der Waals surface area contributed by atoms with E-state index in [0.717, 1.165) is 11.3 Å². The first-order valence-electron chi connectivity index (χ1n) is 5.89. The summed E-state index contributed by atoms with van der Waals surface area (Å²) in [5.74, 6) is 0.508. The van der Waals surface area contributed by atoms with Gasteiger partial charge in [0.25, 0.3) is 10.0 Å². The SMILES string of the molecule is O=S(=O)(c1ccc(Cl)s1)N1CC(Oc2ccccn2)C1. The molecule has 8 heteroatoms. The van der Waals surface area contributed by atoms with Crippen molar-refractivity contribution in [1.29, 1.82) is 0 Å². The number of halogens is 1. The van der Waals surface area contributed by atoms with Crippen LogP contribution in [0.25, 0.3) is 0 Å². The fourth-order valence-electron chi connectivity index (χ4n) is 1.82. The lowest BCUT2D eigenvalue weighted by Gasteiger charge is -2.37. The van der Waals surface area contributed by atoms with Crippen LogP contribution in [0.5, 0.6) is 5.88 Å². The van der Waals surface area contributed by atoms with Crippen molar-refractivity contribution in [3.8, 4) is 5.88 Å². The first-order valence-corrected chi connectivity index (χ1v) is 8.52. The predicted octanol–water partition coefficient (Wildman–Crippen LogP) is 2.25. The molecule has 0 amide bonds. The van der Waals surface area contributed by atoms with Gasteiger partial charge in [0.15, 0.2) is 0 Å². The highest BCUT2D eigenvalue weighted by atomic mass is 35.5. The van der Waals surface area contributed by atoms with Gasteiger partial charge in [-0.25, -0.2) is 13.4 Å². The van der Waals surface area contributed by atoms with E-state index in [-0.39, 0.29) is 10.3 Å². The summed E-state index contributed by atoms with van der Waals surface area (Å²) in [4.78, 5) is 4.04. The Kier molecular flexibility index (Phi) is 3.68.